The second-order valence-corrected chi connectivity index (χ2v) is 4.41. The smallest absolute Gasteiger partial charge is 0.126 e. The summed E-state index contributed by atoms with van der Waals surface area (Å²) in [7, 11) is 1.94. The fourth-order valence-electron chi connectivity index (χ4n) is 1.59. The van der Waals surface area contributed by atoms with E-state index in [1.54, 1.807) is 17.5 Å². The van der Waals surface area contributed by atoms with Gasteiger partial charge < -0.3 is 11.1 Å². The van der Waals surface area contributed by atoms with Crippen molar-refractivity contribution in [2.45, 2.75) is 12.5 Å². The number of thiazole rings is 1. The second-order valence-electron chi connectivity index (χ2n) is 3.50. The molecule has 0 bridgehead atoms. The number of nitrogens with one attached hydrogen (secondary N) is 1. The average molecular weight is 234 g/mol. The summed E-state index contributed by atoms with van der Waals surface area (Å²) in [6.45, 7) is 0. The van der Waals surface area contributed by atoms with Crippen LogP contribution in [0, 0.1) is 0 Å². The van der Waals surface area contributed by atoms with Crippen LogP contribution < -0.4 is 11.1 Å². The lowest BCUT2D eigenvalue weighted by Crippen LogP contribution is -2.18. The number of nitrogens with zero attached hydrogens (tertiary/aromatic N) is 2. The van der Waals surface area contributed by atoms with Gasteiger partial charge in [0.2, 0.25) is 0 Å². The van der Waals surface area contributed by atoms with E-state index < -0.39 is 0 Å². The predicted octanol–water partition coefficient (Wildman–Crippen LogP) is 1.62. The van der Waals surface area contributed by atoms with Crippen molar-refractivity contribution in [3.8, 4) is 0 Å². The van der Waals surface area contributed by atoms with Gasteiger partial charge in [0, 0.05) is 23.3 Å². The van der Waals surface area contributed by atoms with Gasteiger partial charge >= 0.3 is 0 Å². The lowest BCUT2D eigenvalue weighted by molar-refractivity contribution is 0.601. The molecule has 84 valence electrons. The van der Waals surface area contributed by atoms with Gasteiger partial charge in [0.05, 0.1) is 5.51 Å². The first-order chi connectivity index (χ1) is 7.81. The van der Waals surface area contributed by atoms with Gasteiger partial charge in [0.25, 0.3) is 0 Å². The topological polar surface area (TPSA) is 63.8 Å². The molecule has 2 heterocycles. The summed E-state index contributed by atoms with van der Waals surface area (Å²) < 4.78 is 0. The molecule has 0 saturated carbocycles. The molecule has 0 radical (unpaired) electrons. The van der Waals surface area contributed by atoms with E-state index in [4.69, 9.17) is 5.73 Å². The van der Waals surface area contributed by atoms with Gasteiger partial charge in [0.1, 0.15) is 5.82 Å². The highest BCUT2D eigenvalue weighted by Crippen LogP contribution is 2.22. The van der Waals surface area contributed by atoms with Crippen LogP contribution in [0.15, 0.2) is 30.0 Å². The molecule has 0 aliphatic heterocycles. The highest BCUT2D eigenvalue weighted by Gasteiger charge is 2.13. The Morgan fingerprint density at radius 2 is 2.44 bits per heavy atom. The molecule has 0 aromatic carbocycles. The molecule has 3 N–H and O–H groups in total. The summed E-state index contributed by atoms with van der Waals surface area (Å²) >= 11 is 1.65. The van der Waals surface area contributed by atoms with Crippen molar-refractivity contribution in [3.63, 3.8) is 0 Å². The summed E-state index contributed by atoms with van der Waals surface area (Å²) in [6, 6.07) is 4.16. The molecular weight excluding hydrogens is 220 g/mol. The van der Waals surface area contributed by atoms with E-state index in [1.807, 2.05) is 30.9 Å². The summed E-state index contributed by atoms with van der Waals surface area (Å²) in [5.41, 5.74) is 8.73. The van der Waals surface area contributed by atoms with Crippen LogP contribution in [0.1, 0.15) is 16.5 Å². The van der Waals surface area contributed by atoms with Crippen LogP contribution in [0.2, 0.25) is 0 Å². The zero-order valence-corrected chi connectivity index (χ0v) is 9.87. The van der Waals surface area contributed by atoms with Crippen molar-refractivity contribution >= 4 is 17.2 Å². The van der Waals surface area contributed by atoms with E-state index >= 15 is 0 Å². The Labute approximate surface area is 98.6 Å². The average Bonchev–Trinajstić information content (AvgIpc) is 2.81. The third kappa shape index (κ3) is 2.37. The number of hydrogen-bond acceptors (Lipinski definition) is 5. The molecule has 16 heavy (non-hydrogen) atoms. The summed E-state index contributed by atoms with van der Waals surface area (Å²) in [6.07, 6.45) is 4.43. The molecule has 0 saturated heterocycles. The van der Waals surface area contributed by atoms with Crippen LogP contribution in [0.5, 0.6) is 0 Å². The predicted molar refractivity (Wildman–Crippen MR) is 66.3 cm³/mol. The van der Waals surface area contributed by atoms with Crippen molar-refractivity contribution in [3.05, 3.63) is 40.5 Å². The highest BCUT2D eigenvalue weighted by molar-refractivity contribution is 7.09. The number of nitrogens with two attached hydrogens (primary N) is 1. The normalized spacial score (nSPS) is 12.6. The maximum atomic E-state index is 5.83. The number of anilines is 1. The van der Waals surface area contributed by atoms with E-state index in [1.165, 1.54) is 4.88 Å². The Balaban J connectivity index is 2.17. The number of aromatic nitrogens is 2. The summed E-state index contributed by atoms with van der Waals surface area (Å²) in [5.74, 6) is 0.604. The fourth-order valence-corrected chi connectivity index (χ4v) is 2.32. The van der Waals surface area contributed by atoms with Gasteiger partial charge in [0.15, 0.2) is 0 Å². The van der Waals surface area contributed by atoms with Gasteiger partial charge in [-0.05, 0) is 25.1 Å². The van der Waals surface area contributed by atoms with Crippen LogP contribution in [-0.2, 0) is 6.42 Å². The quantitative estimate of drug-likeness (QED) is 0.844. The Kier molecular flexibility index (Phi) is 3.48. The first-order valence-electron chi connectivity index (χ1n) is 5.06. The van der Waals surface area contributed by atoms with E-state index in [0.29, 0.717) is 5.82 Å². The summed E-state index contributed by atoms with van der Waals surface area (Å²) in [5, 5.41) is 3.27. The largest absolute Gasteiger partial charge is 0.383 e. The number of hydrogen-bond donors (Lipinski definition) is 2. The van der Waals surface area contributed by atoms with E-state index in [2.05, 4.69) is 15.3 Å². The third-order valence-corrected chi connectivity index (χ3v) is 3.38. The van der Waals surface area contributed by atoms with Gasteiger partial charge in [-0.25, -0.2) is 4.98 Å². The Morgan fingerprint density at radius 1 is 1.56 bits per heavy atom. The van der Waals surface area contributed by atoms with Crippen LogP contribution in [-0.4, -0.2) is 17.0 Å². The molecular formula is C11H14N4S. The minimum atomic E-state index is 0.249. The van der Waals surface area contributed by atoms with Crippen molar-refractivity contribution < 1.29 is 0 Å². The Morgan fingerprint density at radius 3 is 3.06 bits per heavy atom. The molecule has 1 atom stereocenters. The molecule has 0 spiro atoms. The SMILES string of the molecule is CNC(Cc1cccnc1N)c1cncs1. The molecule has 0 aliphatic carbocycles. The Bertz CT molecular complexity index is 441. The highest BCUT2D eigenvalue weighted by atomic mass is 32.1. The maximum absolute atomic E-state index is 5.83. The molecule has 0 fully saturated rings. The number of nitrogen functional groups attached to an aromatic ring is 1. The van der Waals surface area contributed by atoms with Crippen molar-refractivity contribution in [1.82, 2.24) is 15.3 Å². The number of likely N-dealkylation sites (N-methyl/N-ethyl adjacent to an activating group) is 1. The van der Waals surface area contributed by atoms with Crippen molar-refractivity contribution in [2.24, 2.45) is 0 Å². The third-order valence-electron chi connectivity index (χ3n) is 2.49. The standard InChI is InChI=1S/C11H14N4S/c1-13-9(10-6-14-7-16-10)5-8-3-2-4-15-11(8)12/h2-4,6-7,9,13H,5H2,1H3,(H2,12,15). The maximum Gasteiger partial charge on any atom is 0.126 e. The summed E-state index contributed by atoms with van der Waals surface area (Å²) in [4.78, 5) is 9.39. The van der Waals surface area contributed by atoms with Crippen LogP contribution in [0.25, 0.3) is 0 Å². The molecule has 5 heteroatoms. The molecule has 0 aliphatic rings. The molecule has 4 nitrogen and oxygen atoms in total. The fraction of sp³-hybridized carbons (Fsp3) is 0.273. The zero-order chi connectivity index (χ0) is 11.4. The lowest BCUT2D eigenvalue weighted by Gasteiger charge is -2.14. The minimum Gasteiger partial charge on any atom is -0.383 e. The van der Waals surface area contributed by atoms with Gasteiger partial charge in [-0.2, -0.15) is 0 Å². The van der Waals surface area contributed by atoms with Crippen LogP contribution in [0.3, 0.4) is 0 Å². The molecule has 0 amide bonds. The molecule has 2 aromatic rings. The van der Waals surface area contributed by atoms with Crippen LogP contribution >= 0.6 is 11.3 Å². The number of rotatable bonds is 4. The minimum absolute atomic E-state index is 0.249. The van der Waals surface area contributed by atoms with Crippen LogP contribution in [0.4, 0.5) is 5.82 Å². The first-order valence-corrected chi connectivity index (χ1v) is 5.94. The van der Waals surface area contributed by atoms with E-state index in [9.17, 15) is 0 Å². The van der Waals surface area contributed by atoms with Gasteiger partial charge in [-0.3, -0.25) is 4.98 Å². The monoisotopic (exact) mass is 234 g/mol. The number of pyridine rings is 1. The zero-order valence-electron chi connectivity index (χ0n) is 9.05. The van der Waals surface area contributed by atoms with Gasteiger partial charge in [-0.15, -0.1) is 11.3 Å². The molecule has 1 unspecified atom stereocenters. The van der Waals surface area contributed by atoms with Crippen molar-refractivity contribution in [1.29, 1.82) is 0 Å². The van der Waals surface area contributed by atoms with E-state index in [0.717, 1.165) is 12.0 Å². The van der Waals surface area contributed by atoms with Gasteiger partial charge in [-0.1, -0.05) is 6.07 Å². The van der Waals surface area contributed by atoms with Crippen molar-refractivity contribution in [2.75, 3.05) is 12.8 Å². The van der Waals surface area contributed by atoms with E-state index in [-0.39, 0.29) is 6.04 Å². The molecule has 2 aromatic heterocycles. The second kappa shape index (κ2) is 5.05. The first kappa shape index (κ1) is 11.0. The Hall–Kier alpha value is -1.46. The lowest BCUT2D eigenvalue weighted by atomic mass is 10.1. The molecule has 2 rings (SSSR count).